The Morgan fingerprint density at radius 3 is 2.71 bits per heavy atom. The number of carbonyl (C=O) groups excluding carboxylic acids is 2. The zero-order valence-corrected chi connectivity index (χ0v) is 13.6. The molecule has 1 amide bonds. The van der Waals surface area contributed by atoms with E-state index in [4.69, 9.17) is 0 Å². The zero-order valence-electron chi connectivity index (χ0n) is 13.6. The highest BCUT2D eigenvalue weighted by Crippen LogP contribution is 2.26. The first kappa shape index (κ1) is 17.7. The number of hydrogen-bond donors (Lipinski definition) is 1. The minimum atomic E-state index is -0.412. The van der Waals surface area contributed by atoms with Gasteiger partial charge in [0.05, 0.1) is 18.5 Å². The van der Waals surface area contributed by atoms with Gasteiger partial charge < -0.3 is 15.0 Å². The summed E-state index contributed by atoms with van der Waals surface area (Å²) >= 11 is 0. The maximum absolute atomic E-state index is 12.1. The van der Waals surface area contributed by atoms with Gasteiger partial charge in [-0.2, -0.15) is 0 Å². The third kappa shape index (κ3) is 4.68. The number of anilines is 1. The van der Waals surface area contributed by atoms with Gasteiger partial charge in [0.2, 0.25) is 5.91 Å². The van der Waals surface area contributed by atoms with E-state index in [2.05, 4.69) is 10.1 Å². The lowest BCUT2D eigenvalue weighted by Crippen LogP contribution is -2.41. The average molecular weight is 335 g/mol. The number of rotatable bonds is 6. The van der Waals surface area contributed by atoms with Crippen LogP contribution in [0.4, 0.5) is 11.4 Å². The summed E-state index contributed by atoms with van der Waals surface area (Å²) in [5.41, 5.74) is 0.865. The Morgan fingerprint density at radius 2 is 2.08 bits per heavy atom. The van der Waals surface area contributed by atoms with Gasteiger partial charge in [-0.05, 0) is 18.9 Å². The zero-order chi connectivity index (χ0) is 17.5. The summed E-state index contributed by atoms with van der Waals surface area (Å²) in [6.45, 7) is 1.60. The number of nitro benzene ring substituents is 1. The molecule has 8 nitrogen and oxygen atoms in total. The Labute approximate surface area is 139 Å². The van der Waals surface area contributed by atoms with Crippen LogP contribution >= 0.6 is 0 Å². The molecule has 0 saturated carbocycles. The van der Waals surface area contributed by atoms with Crippen molar-refractivity contribution in [2.24, 2.45) is 5.92 Å². The van der Waals surface area contributed by atoms with Crippen molar-refractivity contribution in [1.29, 1.82) is 0 Å². The molecule has 0 radical (unpaired) electrons. The Morgan fingerprint density at radius 1 is 1.38 bits per heavy atom. The van der Waals surface area contributed by atoms with Crippen LogP contribution in [0.1, 0.15) is 19.3 Å². The van der Waals surface area contributed by atoms with Crippen LogP contribution in [-0.4, -0.2) is 43.5 Å². The molecule has 24 heavy (non-hydrogen) atoms. The molecule has 1 aromatic rings. The average Bonchev–Trinajstić information content (AvgIpc) is 2.61. The fraction of sp³-hybridized carbons (Fsp3) is 0.500. The number of esters is 1. The van der Waals surface area contributed by atoms with Gasteiger partial charge in [0.1, 0.15) is 0 Å². The summed E-state index contributed by atoms with van der Waals surface area (Å²) in [5.74, 6) is -0.508. The number of nitrogens with zero attached hydrogens (tertiary/aromatic N) is 2. The summed E-state index contributed by atoms with van der Waals surface area (Å²) in [4.78, 5) is 35.6. The van der Waals surface area contributed by atoms with Gasteiger partial charge in [-0.1, -0.05) is 6.07 Å². The number of hydrogen-bond acceptors (Lipinski definition) is 6. The standard InChI is InChI=1S/C16H21N3O5/c1-24-15(20)5-8-17-16(21)12-6-9-18(10-7-12)13-3-2-4-14(11-13)19(22)23/h2-4,11-12H,5-10H2,1H3,(H,17,21). The first-order valence-corrected chi connectivity index (χ1v) is 7.85. The van der Waals surface area contributed by atoms with E-state index in [0.29, 0.717) is 25.9 Å². The van der Waals surface area contributed by atoms with Crippen molar-refractivity contribution in [2.75, 3.05) is 31.6 Å². The predicted molar refractivity (Wildman–Crippen MR) is 87.7 cm³/mol. The molecular formula is C16H21N3O5. The van der Waals surface area contributed by atoms with Crippen LogP contribution in [0.25, 0.3) is 0 Å². The van der Waals surface area contributed by atoms with Gasteiger partial charge in [0.25, 0.3) is 5.69 Å². The second-order valence-corrected chi connectivity index (χ2v) is 5.66. The summed E-state index contributed by atoms with van der Waals surface area (Å²) in [6.07, 6.45) is 1.51. The van der Waals surface area contributed by atoms with Crippen LogP contribution < -0.4 is 10.2 Å². The van der Waals surface area contributed by atoms with Gasteiger partial charge in [-0.3, -0.25) is 19.7 Å². The number of piperidine rings is 1. The van der Waals surface area contributed by atoms with E-state index >= 15 is 0 Å². The van der Waals surface area contributed by atoms with Crippen molar-refractivity contribution in [3.63, 3.8) is 0 Å². The third-order valence-electron chi connectivity index (χ3n) is 4.13. The molecule has 0 atom stereocenters. The Balaban J connectivity index is 1.82. The summed E-state index contributed by atoms with van der Waals surface area (Å²) in [6, 6.07) is 6.52. The predicted octanol–water partition coefficient (Wildman–Crippen LogP) is 1.49. The maximum Gasteiger partial charge on any atom is 0.307 e. The van der Waals surface area contributed by atoms with Gasteiger partial charge >= 0.3 is 5.97 Å². The molecule has 1 fully saturated rings. The molecule has 2 rings (SSSR count). The first-order valence-electron chi connectivity index (χ1n) is 7.85. The van der Waals surface area contributed by atoms with Gasteiger partial charge in [-0.15, -0.1) is 0 Å². The fourth-order valence-corrected chi connectivity index (χ4v) is 2.74. The molecular weight excluding hydrogens is 314 g/mol. The monoisotopic (exact) mass is 335 g/mol. The molecule has 0 spiro atoms. The van der Waals surface area contributed by atoms with E-state index < -0.39 is 4.92 Å². The minimum absolute atomic E-state index is 0.0578. The number of ether oxygens (including phenoxy) is 1. The van der Waals surface area contributed by atoms with Crippen molar-refractivity contribution in [3.05, 3.63) is 34.4 Å². The Kier molecular flexibility index (Phi) is 6.11. The van der Waals surface area contributed by atoms with Crippen LogP contribution in [0, 0.1) is 16.0 Å². The largest absolute Gasteiger partial charge is 0.469 e. The molecule has 1 aliphatic rings. The molecule has 1 aromatic carbocycles. The van der Waals surface area contributed by atoms with Crippen LogP contribution in [0.5, 0.6) is 0 Å². The molecule has 130 valence electrons. The van der Waals surface area contributed by atoms with Crippen molar-refractivity contribution in [2.45, 2.75) is 19.3 Å². The highest BCUT2D eigenvalue weighted by Gasteiger charge is 2.25. The molecule has 8 heteroatoms. The van der Waals surface area contributed by atoms with E-state index in [0.717, 1.165) is 5.69 Å². The molecule has 1 N–H and O–H groups in total. The number of carbonyl (C=O) groups is 2. The quantitative estimate of drug-likeness (QED) is 0.480. The molecule has 1 saturated heterocycles. The number of non-ortho nitro benzene ring substituents is 1. The number of nitro groups is 1. The second kappa shape index (κ2) is 8.28. The topological polar surface area (TPSA) is 102 Å². The second-order valence-electron chi connectivity index (χ2n) is 5.66. The third-order valence-corrected chi connectivity index (χ3v) is 4.13. The van der Waals surface area contributed by atoms with Gasteiger partial charge in [-0.25, -0.2) is 0 Å². The normalized spacial score (nSPS) is 15.0. The maximum atomic E-state index is 12.1. The highest BCUT2D eigenvalue weighted by atomic mass is 16.6. The highest BCUT2D eigenvalue weighted by molar-refractivity contribution is 5.79. The van der Waals surface area contributed by atoms with Crippen LogP contribution in [0.3, 0.4) is 0 Å². The lowest BCUT2D eigenvalue weighted by atomic mass is 9.95. The van der Waals surface area contributed by atoms with E-state index in [9.17, 15) is 19.7 Å². The molecule has 0 bridgehead atoms. The Bertz CT molecular complexity index is 611. The Hall–Kier alpha value is -2.64. The number of benzene rings is 1. The minimum Gasteiger partial charge on any atom is -0.469 e. The fourth-order valence-electron chi connectivity index (χ4n) is 2.74. The van der Waals surface area contributed by atoms with E-state index in [1.807, 2.05) is 11.0 Å². The van der Waals surface area contributed by atoms with E-state index in [-0.39, 0.29) is 36.4 Å². The number of amides is 1. The molecule has 0 aliphatic carbocycles. The lowest BCUT2D eigenvalue weighted by Gasteiger charge is -2.32. The lowest BCUT2D eigenvalue weighted by molar-refractivity contribution is -0.384. The molecule has 1 heterocycles. The molecule has 0 aromatic heterocycles. The summed E-state index contributed by atoms with van der Waals surface area (Å²) < 4.78 is 4.52. The van der Waals surface area contributed by atoms with Crippen molar-refractivity contribution in [1.82, 2.24) is 5.32 Å². The van der Waals surface area contributed by atoms with Crippen molar-refractivity contribution in [3.8, 4) is 0 Å². The number of nitrogens with one attached hydrogen (secondary N) is 1. The van der Waals surface area contributed by atoms with Crippen molar-refractivity contribution >= 4 is 23.3 Å². The van der Waals surface area contributed by atoms with Gasteiger partial charge in [0.15, 0.2) is 0 Å². The molecule has 0 unspecified atom stereocenters. The first-order chi connectivity index (χ1) is 11.5. The van der Waals surface area contributed by atoms with Gasteiger partial charge in [0, 0.05) is 43.4 Å². The van der Waals surface area contributed by atoms with E-state index in [1.165, 1.54) is 13.2 Å². The summed E-state index contributed by atoms with van der Waals surface area (Å²) in [7, 11) is 1.31. The SMILES string of the molecule is COC(=O)CCNC(=O)C1CCN(c2cccc([N+](=O)[O-])c2)CC1. The van der Waals surface area contributed by atoms with E-state index in [1.54, 1.807) is 12.1 Å². The van der Waals surface area contributed by atoms with Crippen LogP contribution in [-0.2, 0) is 14.3 Å². The van der Waals surface area contributed by atoms with Crippen LogP contribution in [0.15, 0.2) is 24.3 Å². The van der Waals surface area contributed by atoms with Crippen molar-refractivity contribution < 1.29 is 19.2 Å². The smallest absolute Gasteiger partial charge is 0.307 e. The molecule has 1 aliphatic heterocycles. The van der Waals surface area contributed by atoms with Crippen LogP contribution in [0.2, 0.25) is 0 Å². The number of methoxy groups -OCH3 is 1. The summed E-state index contributed by atoms with van der Waals surface area (Å²) in [5, 5.41) is 13.6.